The number of amides is 1. The van der Waals surface area contributed by atoms with Crippen molar-refractivity contribution in [2.24, 2.45) is 23.5 Å². The lowest BCUT2D eigenvalue weighted by Gasteiger charge is -2.42. The molecule has 1 aromatic heterocycles. The van der Waals surface area contributed by atoms with E-state index in [-0.39, 0.29) is 30.7 Å². The number of nitrogens with two attached hydrogens (primary N) is 2. The number of pyridine rings is 1. The minimum atomic E-state index is -0.405. The lowest BCUT2D eigenvalue weighted by molar-refractivity contribution is -0.123. The summed E-state index contributed by atoms with van der Waals surface area (Å²) < 4.78 is 0. The zero-order valence-electron chi connectivity index (χ0n) is 15.2. The monoisotopic (exact) mass is 402 g/mol. The van der Waals surface area contributed by atoms with Crippen molar-refractivity contribution in [2.45, 2.75) is 64.0 Å². The molecule has 3 unspecified atom stereocenters. The number of anilines is 1. The number of nitrogens with one attached hydrogen (secondary N) is 1. The van der Waals surface area contributed by atoms with Crippen LogP contribution in [0.25, 0.3) is 0 Å². The fraction of sp³-hybridized carbons (Fsp3) is 0.684. The Kier molecular flexibility index (Phi) is 9.69. The zero-order chi connectivity index (χ0) is 16.9. The van der Waals surface area contributed by atoms with Crippen LogP contribution in [0.1, 0.15) is 56.9 Å². The van der Waals surface area contributed by atoms with E-state index in [1.165, 1.54) is 44.9 Å². The molecule has 0 saturated heterocycles. The van der Waals surface area contributed by atoms with Gasteiger partial charge in [-0.2, -0.15) is 0 Å². The highest BCUT2D eigenvalue weighted by molar-refractivity contribution is 5.85. The van der Waals surface area contributed by atoms with Gasteiger partial charge in [0, 0.05) is 12.7 Å². The van der Waals surface area contributed by atoms with Crippen LogP contribution in [0.3, 0.4) is 0 Å². The summed E-state index contributed by atoms with van der Waals surface area (Å²) in [5, 5.41) is 2.94. The van der Waals surface area contributed by atoms with E-state index < -0.39 is 6.04 Å². The van der Waals surface area contributed by atoms with E-state index >= 15 is 0 Å². The topological polar surface area (TPSA) is 94.0 Å². The van der Waals surface area contributed by atoms with Gasteiger partial charge in [-0.05, 0) is 42.2 Å². The van der Waals surface area contributed by atoms with Gasteiger partial charge >= 0.3 is 0 Å². The molecule has 2 saturated carbocycles. The van der Waals surface area contributed by atoms with Crippen LogP contribution in [-0.4, -0.2) is 16.9 Å². The first kappa shape index (κ1) is 23.0. The molecular weight excluding hydrogens is 371 g/mol. The number of halogens is 2. The van der Waals surface area contributed by atoms with E-state index in [1.807, 2.05) is 6.07 Å². The summed E-state index contributed by atoms with van der Waals surface area (Å²) in [6, 6.07) is 3.21. The van der Waals surface area contributed by atoms with Crippen molar-refractivity contribution in [3.05, 3.63) is 23.9 Å². The van der Waals surface area contributed by atoms with Crippen molar-refractivity contribution >= 4 is 36.5 Å². The van der Waals surface area contributed by atoms with Crippen molar-refractivity contribution < 1.29 is 4.79 Å². The van der Waals surface area contributed by atoms with Gasteiger partial charge in [0.2, 0.25) is 5.91 Å². The Morgan fingerprint density at radius 2 is 1.88 bits per heavy atom. The maximum absolute atomic E-state index is 12.3. The summed E-state index contributed by atoms with van der Waals surface area (Å²) in [5.74, 6) is 2.75. The Bertz CT molecular complexity index is 553. The van der Waals surface area contributed by atoms with Crippen molar-refractivity contribution in [2.75, 3.05) is 5.73 Å². The van der Waals surface area contributed by atoms with Crippen LogP contribution in [0.4, 0.5) is 5.82 Å². The van der Waals surface area contributed by atoms with Gasteiger partial charge in [0.15, 0.2) is 0 Å². The van der Waals surface area contributed by atoms with Gasteiger partial charge in [-0.1, -0.05) is 44.6 Å². The first-order chi connectivity index (χ1) is 11.6. The summed E-state index contributed by atoms with van der Waals surface area (Å²) in [7, 11) is 0. The molecule has 1 aromatic rings. The number of rotatable bonds is 5. The number of nitrogen functional groups attached to an aromatic ring is 1. The molecule has 4 atom stereocenters. The third-order valence-electron chi connectivity index (χ3n) is 5.93. The standard InChI is InChI=1S/C19H30N4O.2ClH/c20-17(19(24)23-12-13-8-9-18(21)22-11-13)10-15-6-3-5-14-4-1-2-7-16(14)15;;/h8-9,11,14-17H,1-7,10,12,20H2,(H2,21,22)(H,23,24);2*1H/t14?,15?,16?,17-;;/m0../s1. The molecule has 1 heterocycles. The number of hydrogen-bond acceptors (Lipinski definition) is 4. The summed E-state index contributed by atoms with van der Waals surface area (Å²) in [6.07, 6.45) is 11.9. The lowest BCUT2D eigenvalue weighted by atomic mass is 9.64. The quantitative estimate of drug-likeness (QED) is 0.702. The number of carbonyl (C=O) groups excluding carboxylic acids is 1. The maximum atomic E-state index is 12.3. The van der Waals surface area contributed by atoms with Crippen molar-refractivity contribution in [1.29, 1.82) is 0 Å². The van der Waals surface area contributed by atoms with E-state index in [0.717, 1.165) is 23.8 Å². The summed E-state index contributed by atoms with van der Waals surface area (Å²) in [4.78, 5) is 16.4. The van der Waals surface area contributed by atoms with Gasteiger partial charge in [-0.15, -0.1) is 24.8 Å². The largest absolute Gasteiger partial charge is 0.384 e. The number of hydrogen-bond donors (Lipinski definition) is 3. The summed E-state index contributed by atoms with van der Waals surface area (Å²) >= 11 is 0. The highest BCUT2D eigenvalue weighted by Gasteiger charge is 2.36. The highest BCUT2D eigenvalue weighted by atomic mass is 35.5. The van der Waals surface area contributed by atoms with Crippen LogP contribution < -0.4 is 16.8 Å². The molecule has 0 aromatic carbocycles. The van der Waals surface area contributed by atoms with Crippen molar-refractivity contribution in [3.8, 4) is 0 Å². The first-order valence-corrected chi connectivity index (χ1v) is 9.37. The molecule has 2 aliphatic carbocycles. The second kappa shape index (κ2) is 11.0. The summed E-state index contributed by atoms with van der Waals surface area (Å²) in [6.45, 7) is 0.455. The highest BCUT2D eigenvalue weighted by Crippen LogP contribution is 2.45. The average Bonchev–Trinajstić information content (AvgIpc) is 2.61. The third-order valence-corrected chi connectivity index (χ3v) is 5.93. The van der Waals surface area contributed by atoms with E-state index in [2.05, 4.69) is 10.3 Å². The van der Waals surface area contributed by atoms with E-state index in [1.54, 1.807) is 12.3 Å². The van der Waals surface area contributed by atoms with E-state index in [9.17, 15) is 4.79 Å². The molecule has 0 bridgehead atoms. The fourth-order valence-electron chi connectivity index (χ4n) is 4.66. The number of carbonyl (C=O) groups is 1. The molecule has 26 heavy (non-hydrogen) atoms. The van der Waals surface area contributed by atoms with Crippen LogP contribution in [0.2, 0.25) is 0 Å². The molecule has 2 aliphatic rings. The molecule has 3 rings (SSSR count). The molecule has 1 amide bonds. The smallest absolute Gasteiger partial charge is 0.237 e. The fourth-order valence-corrected chi connectivity index (χ4v) is 4.66. The minimum Gasteiger partial charge on any atom is -0.384 e. The zero-order valence-corrected chi connectivity index (χ0v) is 16.9. The third kappa shape index (κ3) is 6.00. The van der Waals surface area contributed by atoms with Crippen LogP contribution >= 0.6 is 24.8 Å². The van der Waals surface area contributed by atoms with Crippen molar-refractivity contribution in [1.82, 2.24) is 10.3 Å². The second-order valence-electron chi connectivity index (χ2n) is 7.55. The number of fused-ring (bicyclic) bond motifs is 1. The molecule has 5 N–H and O–H groups in total. The van der Waals surface area contributed by atoms with Crippen LogP contribution in [0.15, 0.2) is 18.3 Å². The van der Waals surface area contributed by atoms with E-state index in [4.69, 9.17) is 11.5 Å². The maximum Gasteiger partial charge on any atom is 0.237 e. The lowest BCUT2D eigenvalue weighted by Crippen LogP contribution is -2.43. The Balaban J connectivity index is 0.00000169. The van der Waals surface area contributed by atoms with Gasteiger partial charge in [0.05, 0.1) is 6.04 Å². The van der Waals surface area contributed by atoms with Crippen LogP contribution in [-0.2, 0) is 11.3 Å². The molecule has 148 valence electrons. The molecule has 5 nitrogen and oxygen atoms in total. The van der Waals surface area contributed by atoms with Gasteiger partial charge in [0.25, 0.3) is 0 Å². The molecule has 0 radical (unpaired) electrons. The minimum absolute atomic E-state index is 0. The predicted octanol–water partition coefficient (Wildman–Crippen LogP) is 3.45. The Hall–Kier alpha value is -1.04. The predicted molar refractivity (Wildman–Crippen MR) is 110 cm³/mol. The Morgan fingerprint density at radius 1 is 1.15 bits per heavy atom. The SMILES string of the molecule is Cl.Cl.Nc1ccc(CNC(=O)[C@@H](N)CC2CCCC3CCCCC32)cn1. The molecule has 7 heteroatoms. The summed E-state index contributed by atoms with van der Waals surface area (Å²) in [5.41, 5.74) is 12.7. The van der Waals surface area contributed by atoms with E-state index in [0.29, 0.717) is 18.3 Å². The molecule has 2 fully saturated rings. The molecular formula is C19H32Cl2N4O. The Labute approximate surface area is 168 Å². The van der Waals surface area contributed by atoms with Crippen LogP contribution in [0.5, 0.6) is 0 Å². The molecule has 0 spiro atoms. The van der Waals surface area contributed by atoms with Crippen molar-refractivity contribution in [3.63, 3.8) is 0 Å². The second-order valence-corrected chi connectivity index (χ2v) is 7.55. The number of aromatic nitrogens is 1. The molecule has 0 aliphatic heterocycles. The normalized spacial score (nSPS) is 25.8. The number of nitrogens with zero attached hydrogens (tertiary/aromatic N) is 1. The van der Waals surface area contributed by atoms with Gasteiger partial charge in [0.1, 0.15) is 5.82 Å². The van der Waals surface area contributed by atoms with Gasteiger partial charge in [-0.25, -0.2) is 4.98 Å². The Morgan fingerprint density at radius 3 is 2.62 bits per heavy atom. The first-order valence-electron chi connectivity index (χ1n) is 9.37. The van der Waals surface area contributed by atoms with Gasteiger partial charge < -0.3 is 16.8 Å². The van der Waals surface area contributed by atoms with Crippen LogP contribution in [0, 0.1) is 17.8 Å². The average molecular weight is 403 g/mol. The van der Waals surface area contributed by atoms with Gasteiger partial charge in [-0.3, -0.25) is 4.79 Å².